The van der Waals surface area contributed by atoms with Gasteiger partial charge in [0.25, 0.3) is 0 Å². The third-order valence-corrected chi connectivity index (χ3v) is 1.88. The minimum absolute atomic E-state index is 0.0929. The quantitative estimate of drug-likeness (QED) is 0.716. The molecule has 90 valence electrons. The molecule has 0 aliphatic rings. The van der Waals surface area contributed by atoms with Crippen molar-refractivity contribution in [1.82, 2.24) is 0 Å². The lowest BCUT2D eigenvalue weighted by Gasteiger charge is -2.22. The summed E-state index contributed by atoms with van der Waals surface area (Å²) in [5.74, 6) is 0.202. The van der Waals surface area contributed by atoms with Crippen molar-refractivity contribution in [3.63, 3.8) is 0 Å². The van der Waals surface area contributed by atoms with Crippen molar-refractivity contribution in [3.05, 3.63) is 0 Å². The topological polar surface area (TPSA) is 52.3 Å². The zero-order chi connectivity index (χ0) is 12.1. The van der Waals surface area contributed by atoms with Gasteiger partial charge in [-0.05, 0) is 17.8 Å². The van der Waals surface area contributed by atoms with E-state index in [-0.39, 0.29) is 17.4 Å². The molecule has 0 fully saturated rings. The van der Waals surface area contributed by atoms with E-state index in [0.717, 1.165) is 6.42 Å². The molecule has 1 atom stereocenters. The maximum Gasteiger partial charge on any atom is 0.307 e. The van der Waals surface area contributed by atoms with E-state index in [4.69, 9.17) is 10.5 Å². The van der Waals surface area contributed by atoms with Crippen molar-refractivity contribution in [1.29, 1.82) is 0 Å². The van der Waals surface area contributed by atoms with Crippen LogP contribution < -0.4 is 5.73 Å². The Kier molecular flexibility index (Phi) is 5.88. The largest absolute Gasteiger partial charge is 0.465 e. The fraction of sp³-hybridized carbons (Fsp3) is 0.917. The Bertz CT molecular complexity index is 194. The molecule has 0 aromatic heterocycles. The Labute approximate surface area is 93.4 Å². The highest BCUT2D eigenvalue weighted by molar-refractivity contribution is 5.70. The molecule has 2 N–H and O–H groups in total. The van der Waals surface area contributed by atoms with E-state index in [1.807, 2.05) is 13.8 Å². The molecule has 1 unspecified atom stereocenters. The summed E-state index contributed by atoms with van der Waals surface area (Å²) in [4.78, 5) is 11.3. The predicted molar refractivity (Wildman–Crippen MR) is 62.5 cm³/mol. The first kappa shape index (κ1) is 14.4. The van der Waals surface area contributed by atoms with Gasteiger partial charge in [-0.1, -0.05) is 34.6 Å². The van der Waals surface area contributed by atoms with Crippen LogP contribution in [0.4, 0.5) is 0 Å². The lowest BCUT2D eigenvalue weighted by atomic mass is 9.87. The Balaban J connectivity index is 3.77. The molecule has 0 radical (unpaired) electrons. The molecule has 3 nitrogen and oxygen atoms in total. The fourth-order valence-electron chi connectivity index (χ4n) is 1.39. The summed E-state index contributed by atoms with van der Waals surface area (Å²) < 4.78 is 5.07. The second-order valence-electron chi connectivity index (χ2n) is 5.81. The van der Waals surface area contributed by atoms with Gasteiger partial charge in [0.05, 0.1) is 13.0 Å². The van der Waals surface area contributed by atoms with Gasteiger partial charge in [-0.3, -0.25) is 4.79 Å². The van der Waals surface area contributed by atoms with Crippen molar-refractivity contribution in [2.75, 3.05) is 6.61 Å². The van der Waals surface area contributed by atoms with Crippen molar-refractivity contribution in [3.8, 4) is 0 Å². The molecule has 0 aliphatic heterocycles. The normalized spacial score (nSPS) is 14.1. The van der Waals surface area contributed by atoms with Crippen molar-refractivity contribution < 1.29 is 9.53 Å². The van der Waals surface area contributed by atoms with Crippen molar-refractivity contribution in [2.45, 2.75) is 53.5 Å². The van der Waals surface area contributed by atoms with Gasteiger partial charge >= 0.3 is 5.97 Å². The van der Waals surface area contributed by atoms with E-state index < -0.39 is 0 Å². The third-order valence-electron chi connectivity index (χ3n) is 1.88. The predicted octanol–water partition coefficient (Wildman–Crippen LogP) is 2.34. The second-order valence-corrected chi connectivity index (χ2v) is 5.81. The monoisotopic (exact) mass is 215 g/mol. The summed E-state index contributed by atoms with van der Waals surface area (Å²) >= 11 is 0. The zero-order valence-electron chi connectivity index (χ0n) is 10.7. The van der Waals surface area contributed by atoms with Gasteiger partial charge in [0.15, 0.2) is 0 Å². The Morgan fingerprint density at radius 2 is 1.87 bits per heavy atom. The molecule has 15 heavy (non-hydrogen) atoms. The summed E-state index contributed by atoms with van der Waals surface area (Å²) in [6, 6.07) is -0.0929. The van der Waals surface area contributed by atoms with E-state index in [9.17, 15) is 4.79 Å². The lowest BCUT2D eigenvalue weighted by Crippen LogP contribution is -2.30. The fourth-order valence-corrected chi connectivity index (χ4v) is 1.39. The first-order valence-corrected chi connectivity index (χ1v) is 5.62. The summed E-state index contributed by atoms with van der Waals surface area (Å²) in [5.41, 5.74) is 6.03. The molecule has 0 aromatic rings. The Hall–Kier alpha value is -0.570. The summed E-state index contributed by atoms with van der Waals surface area (Å²) in [6.07, 6.45) is 1.16. The second kappa shape index (κ2) is 6.11. The average Bonchev–Trinajstić information content (AvgIpc) is 1.96. The molecule has 0 aliphatic carbocycles. The van der Waals surface area contributed by atoms with Gasteiger partial charge in [-0.25, -0.2) is 0 Å². The van der Waals surface area contributed by atoms with Crippen LogP contribution in [0.3, 0.4) is 0 Å². The van der Waals surface area contributed by atoms with E-state index in [0.29, 0.717) is 18.9 Å². The number of rotatable bonds is 5. The standard InChI is InChI=1S/C12H25NO2/c1-9(2)8-15-11(14)6-10(13)7-12(3,4)5/h9-10H,6-8,13H2,1-5H3. The number of carbonyl (C=O) groups excluding carboxylic acids is 1. The maximum absolute atomic E-state index is 11.3. The van der Waals surface area contributed by atoms with Crippen LogP contribution >= 0.6 is 0 Å². The van der Waals surface area contributed by atoms with E-state index in [1.54, 1.807) is 0 Å². The van der Waals surface area contributed by atoms with E-state index >= 15 is 0 Å². The first-order chi connectivity index (χ1) is 6.70. The third kappa shape index (κ3) is 9.73. The molecular weight excluding hydrogens is 190 g/mol. The summed E-state index contributed by atoms with van der Waals surface area (Å²) in [7, 11) is 0. The number of ether oxygens (including phenoxy) is 1. The Morgan fingerprint density at radius 1 is 1.33 bits per heavy atom. The van der Waals surface area contributed by atoms with E-state index in [1.165, 1.54) is 0 Å². The highest BCUT2D eigenvalue weighted by Gasteiger charge is 2.18. The van der Waals surface area contributed by atoms with Gasteiger partial charge in [0.1, 0.15) is 0 Å². The minimum atomic E-state index is -0.180. The molecule has 3 heteroatoms. The van der Waals surface area contributed by atoms with Crippen LogP contribution in [0, 0.1) is 11.3 Å². The molecule has 0 bridgehead atoms. The van der Waals surface area contributed by atoms with E-state index in [2.05, 4.69) is 20.8 Å². The van der Waals surface area contributed by atoms with Gasteiger partial charge in [-0.15, -0.1) is 0 Å². The van der Waals surface area contributed by atoms with Gasteiger partial charge < -0.3 is 10.5 Å². The number of nitrogens with two attached hydrogens (primary N) is 1. The van der Waals surface area contributed by atoms with Crippen LogP contribution in [0.15, 0.2) is 0 Å². The summed E-state index contributed by atoms with van der Waals surface area (Å²) in [5, 5.41) is 0. The van der Waals surface area contributed by atoms with Crippen LogP contribution in [0.1, 0.15) is 47.5 Å². The average molecular weight is 215 g/mol. The van der Waals surface area contributed by atoms with Crippen LogP contribution in [-0.4, -0.2) is 18.6 Å². The number of carbonyl (C=O) groups is 1. The SMILES string of the molecule is CC(C)COC(=O)CC(N)CC(C)(C)C. The van der Waals surface area contributed by atoms with Gasteiger partial charge in [0.2, 0.25) is 0 Å². The number of hydrogen-bond donors (Lipinski definition) is 1. The van der Waals surface area contributed by atoms with Crippen LogP contribution in [-0.2, 0) is 9.53 Å². The molecule has 0 aromatic carbocycles. The highest BCUT2D eigenvalue weighted by Crippen LogP contribution is 2.21. The lowest BCUT2D eigenvalue weighted by molar-refractivity contribution is -0.145. The van der Waals surface area contributed by atoms with Gasteiger partial charge in [-0.2, -0.15) is 0 Å². The smallest absolute Gasteiger partial charge is 0.307 e. The van der Waals surface area contributed by atoms with Crippen LogP contribution in [0.2, 0.25) is 0 Å². The number of hydrogen-bond acceptors (Lipinski definition) is 3. The molecule has 0 saturated carbocycles. The van der Waals surface area contributed by atoms with Gasteiger partial charge in [0, 0.05) is 6.04 Å². The van der Waals surface area contributed by atoms with Crippen molar-refractivity contribution >= 4 is 5.97 Å². The molecule has 0 rings (SSSR count). The molecule has 0 spiro atoms. The first-order valence-electron chi connectivity index (χ1n) is 5.62. The van der Waals surface area contributed by atoms with Crippen LogP contribution in [0.5, 0.6) is 0 Å². The molecular formula is C12H25NO2. The molecule has 0 saturated heterocycles. The maximum atomic E-state index is 11.3. The highest BCUT2D eigenvalue weighted by atomic mass is 16.5. The zero-order valence-corrected chi connectivity index (χ0v) is 10.7. The number of esters is 1. The van der Waals surface area contributed by atoms with Crippen molar-refractivity contribution in [2.24, 2.45) is 17.1 Å². The van der Waals surface area contributed by atoms with Crippen LogP contribution in [0.25, 0.3) is 0 Å². The Morgan fingerprint density at radius 3 is 2.27 bits per heavy atom. The minimum Gasteiger partial charge on any atom is -0.465 e. The molecule has 0 amide bonds. The molecule has 0 heterocycles. The summed E-state index contributed by atoms with van der Waals surface area (Å²) in [6.45, 7) is 10.9.